The predicted molar refractivity (Wildman–Crippen MR) is 121 cm³/mol. The molecule has 0 bridgehead atoms. The molecule has 3 aromatic rings. The highest BCUT2D eigenvalue weighted by Gasteiger charge is 2.14. The maximum absolute atomic E-state index is 12.1. The van der Waals surface area contributed by atoms with Gasteiger partial charge in [-0.15, -0.1) is 0 Å². The molecule has 0 saturated heterocycles. The zero-order valence-electron chi connectivity index (χ0n) is 17.3. The number of rotatable bonds is 10. The predicted octanol–water partition coefficient (Wildman–Crippen LogP) is 3.55. The SMILES string of the molecule is COc1cccc(OC)c1OCC(O)CNC(=O)COc1ccc2cc(Br)ccc2c1. The lowest BCUT2D eigenvalue weighted by Gasteiger charge is -2.17. The van der Waals surface area contributed by atoms with Crippen LogP contribution in [0.2, 0.25) is 0 Å². The molecule has 3 aromatic carbocycles. The summed E-state index contributed by atoms with van der Waals surface area (Å²) in [5.74, 6) is 1.63. The molecule has 0 aromatic heterocycles. The van der Waals surface area contributed by atoms with Gasteiger partial charge in [-0.25, -0.2) is 0 Å². The Balaban J connectivity index is 1.45. The van der Waals surface area contributed by atoms with Crippen molar-refractivity contribution >= 4 is 32.6 Å². The van der Waals surface area contributed by atoms with Crippen molar-refractivity contribution in [2.75, 3.05) is 34.0 Å². The van der Waals surface area contributed by atoms with E-state index >= 15 is 0 Å². The number of ether oxygens (including phenoxy) is 4. The quantitative estimate of drug-likeness (QED) is 0.452. The van der Waals surface area contributed by atoms with E-state index in [2.05, 4.69) is 21.2 Å². The maximum Gasteiger partial charge on any atom is 0.258 e. The van der Waals surface area contributed by atoms with Crippen LogP contribution in [-0.4, -0.2) is 51.1 Å². The van der Waals surface area contributed by atoms with Crippen LogP contribution in [0.15, 0.2) is 59.1 Å². The first-order valence-corrected chi connectivity index (χ1v) is 10.4. The fourth-order valence-corrected chi connectivity index (χ4v) is 3.29. The topological polar surface area (TPSA) is 86.3 Å². The largest absolute Gasteiger partial charge is 0.493 e. The van der Waals surface area contributed by atoms with Crippen molar-refractivity contribution in [2.45, 2.75) is 6.10 Å². The Hall–Kier alpha value is -2.97. The molecular formula is C23H24BrNO6. The maximum atomic E-state index is 12.1. The van der Waals surface area contributed by atoms with Crippen LogP contribution in [0.5, 0.6) is 23.0 Å². The molecular weight excluding hydrogens is 466 g/mol. The van der Waals surface area contributed by atoms with Crippen molar-refractivity contribution in [1.82, 2.24) is 5.32 Å². The van der Waals surface area contributed by atoms with Gasteiger partial charge in [0.25, 0.3) is 5.91 Å². The van der Waals surface area contributed by atoms with Gasteiger partial charge in [0.05, 0.1) is 14.2 Å². The summed E-state index contributed by atoms with van der Waals surface area (Å²) in [6.45, 7) is -0.181. The van der Waals surface area contributed by atoms with Crippen molar-refractivity contribution in [3.8, 4) is 23.0 Å². The van der Waals surface area contributed by atoms with E-state index in [1.165, 1.54) is 14.2 Å². The molecule has 0 aliphatic heterocycles. The minimum atomic E-state index is -0.919. The number of halogens is 1. The van der Waals surface area contributed by atoms with E-state index in [4.69, 9.17) is 18.9 Å². The summed E-state index contributed by atoms with van der Waals surface area (Å²) < 4.78 is 22.7. The number of amides is 1. The van der Waals surface area contributed by atoms with Crippen LogP contribution in [0.25, 0.3) is 10.8 Å². The highest BCUT2D eigenvalue weighted by atomic mass is 79.9. The van der Waals surface area contributed by atoms with E-state index in [0.29, 0.717) is 23.0 Å². The number of hydrogen-bond acceptors (Lipinski definition) is 6. The van der Waals surface area contributed by atoms with Crippen LogP contribution < -0.4 is 24.3 Å². The van der Waals surface area contributed by atoms with Crippen LogP contribution in [0.1, 0.15) is 0 Å². The lowest BCUT2D eigenvalue weighted by molar-refractivity contribution is -0.123. The summed E-state index contributed by atoms with van der Waals surface area (Å²) in [4.78, 5) is 12.1. The first-order valence-electron chi connectivity index (χ1n) is 9.61. The Morgan fingerprint density at radius 2 is 1.68 bits per heavy atom. The van der Waals surface area contributed by atoms with Gasteiger partial charge in [0.2, 0.25) is 5.75 Å². The number of carbonyl (C=O) groups is 1. The second-order valence-corrected chi connectivity index (χ2v) is 7.62. The number of nitrogens with one attached hydrogen (secondary N) is 1. The summed E-state index contributed by atoms with van der Waals surface area (Å²) >= 11 is 3.44. The molecule has 0 aliphatic rings. The van der Waals surface area contributed by atoms with Gasteiger partial charge in [-0.3, -0.25) is 4.79 Å². The normalized spacial score (nSPS) is 11.6. The molecule has 1 amide bonds. The summed E-state index contributed by atoms with van der Waals surface area (Å²) in [5, 5.41) is 14.9. The van der Waals surface area contributed by atoms with Gasteiger partial charge in [-0.2, -0.15) is 0 Å². The van der Waals surface area contributed by atoms with E-state index < -0.39 is 6.10 Å². The fraction of sp³-hybridized carbons (Fsp3) is 0.261. The third kappa shape index (κ3) is 6.26. The fourth-order valence-electron chi connectivity index (χ4n) is 2.91. The molecule has 0 aliphatic carbocycles. The molecule has 1 atom stereocenters. The molecule has 3 rings (SSSR count). The van der Waals surface area contributed by atoms with Gasteiger partial charge >= 0.3 is 0 Å². The van der Waals surface area contributed by atoms with Crippen LogP contribution in [0.3, 0.4) is 0 Å². The number of aliphatic hydroxyl groups excluding tert-OH is 1. The number of hydrogen-bond donors (Lipinski definition) is 2. The molecule has 164 valence electrons. The van der Waals surface area contributed by atoms with Crippen LogP contribution in [0, 0.1) is 0 Å². The second kappa shape index (κ2) is 10.9. The molecule has 0 fully saturated rings. The standard InChI is InChI=1S/C23H24BrNO6/c1-28-20-4-3-5-21(29-2)23(20)31-13-18(26)12-25-22(27)14-30-19-9-7-15-10-17(24)8-6-16(15)11-19/h3-11,18,26H,12-14H2,1-2H3,(H,25,27). The highest BCUT2D eigenvalue weighted by Crippen LogP contribution is 2.36. The molecule has 0 saturated carbocycles. The number of benzene rings is 3. The molecule has 7 nitrogen and oxygen atoms in total. The number of aliphatic hydroxyl groups is 1. The zero-order valence-corrected chi connectivity index (χ0v) is 18.8. The Labute approximate surface area is 189 Å². The van der Waals surface area contributed by atoms with E-state index in [-0.39, 0.29) is 25.7 Å². The average molecular weight is 490 g/mol. The van der Waals surface area contributed by atoms with Crippen LogP contribution >= 0.6 is 15.9 Å². The third-order valence-electron chi connectivity index (χ3n) is 4.48. The number of methoxy groups -OCH3 is 2. The minimum absolute atomic E-state index is 0.0193. The molecule has 0 heterocycles. The Kier molecular flexibility index (Phi) is 7.97. The molecule has 31 heavy (non-hydrogen) atoms. The van der Waals surface area contributed by atoms with Gasteiger partial charge < -0.3 is 29.4 Å². The molecule has 0 radical (unpaired) electrons. The molecule has 0 spiro atoms. The van der Waals surface area contributed by atoms with E-state index in [1.54, 1.807) is 18.2 Å². The number of para-hydroxylation sites is 1. The van der Waals surface area contributed by atoms with Gasteiger partial charge in [-0.1, -0.05) is 34.1 Å². The summed E-state index contributed by atoms with van der Waals surface area (Å²) in [5.41, 5.74) is 0. The van der Waals surface area contributed by atoms with Crippen molar-refractivity contribution in [2.24, 2.45) is 0 Å². The summed E-state index contributed by atoms with van der Waals surface area (Å²) in [6.07, 6.45) is -0.919. The van der Waals surface area contributed by atoms with Gasteiger partial charge in [0, 0.05) is 11.0 Å². The lowest BCUT2D eigenvalue weighted by Crippen LogP contribution is -2.37. The van der Waals surface area contributed by atoms with Gasteiger partial charge in [-0.05, 0) is 47.2 Å². The number of carbonyl (C=O) groups excluding carboxylic acids is 1. The summed E-state index contributed by atoms with van der Waals surface area (Å²) in [7, 11) is 3.04. The van der Waals surface area contributed by atoms with E-state index in [0.717, 1.165) is 15.2 Å². The molecule has 1 unspecified atom stereocenters. The van der Waals surface area contributed by atoms with E-state index in [9.17, 15) is 9.90 Å². The number of fused-ring (bicyclic) bond motifs is 1. The third-order valence-corrected chi connectivity index (χ3v) is 4.97. The first-order chi connectivity index (χ1) is 15.0. The smallest absolute Gasteiger partial charge is 0.258 e. The monoisotopic (exact) mass is 489 g/mol. The van der Waals surface area contributed by atoms with Crippen LogP contribution in [0.4, 0.5) is 0 Å². The van der Waals surface area contributed by atoms with Crippen molar-refractivity contribution < 1.29 is 28.8 Å². The second-order valence-electron chi connectivity index (χ2n) is 6.70. The Morgan fingerprint density at radius 3 is 2.39 bits per heavy atom. The van der Waals surface area contributed by atoms with Crippen molar-refractivity contribution in [1.29, 1.82) is 0 Å². The van der Waals surface area contributed by atoms with Crippen molar-refractivity contribution in [3.05, 3.63) is 59.1 Å². The highest BCUT2D eigenvalue weighted by molar-refractivity contribution is 9.10. The van der Waals surface area contributed by atoms with Crippen LogP contribution in [-0.2, 0) is 4.79 Å². The lowest BCUT2D eigenvalue weighted by atomic mass is 10.1. The van der Waals surface area contributed by atoms with E-state index in [1.807, 2.05) is 36.4 Å². The summed E-state index contributed by atoms with van der Waals surface area (Å²) in [6, 6.07) is 16.8. The Morgan fingerprint density at radius 1 is 1.00 bits per heavy atom. The molecule has 2 N–H and O–H groups in total. The minimum Gasteiger partial charge on any atom is -0.493 e. The van der Waals surface area contributed by atoms with Gasteiger partial charge in [0.15, 0.2) is 18.1 Å². The molecule has 8 heteroatoms. The average Bonchev–Trinajstić information content (AvgIpc) is 2.79. The van der Waals surface area contributed by atoms with Gasteiger partial charge in [0.1, 0.15) is 18.5 Å². The zero-order chi connectivity index (χ0) is 22.2. The van der Waals surface area contributed by atoms with Crippen molar-refractivity contribution in [3.63, 3.8) is 0 Å². The Bertz CT molecular complexity index is 1020. The first kappa shape index (κ1) is 22.7.